The standard InChI is InChI=1S/C22H21NO3/c24-20-13-7-8-14-21(20)26-16-22(25)23-19(18-11-5-2-6-12-18)15-17-9-3-1-4-10-17/h1-14,19,24H,15-16H2,(H,23,25). The third-order valence-corrected chi connectivity index (χ3v) is 4.04. The molecule has 132 valence electrons. The van der Waals surface area contributed by atoms with E-state index in [1.54, 1.807) is 18.2 Å². The predicted octanol–water partition coefficient (Wildman–Crippen LogP) is 3.87. The first-order chi connectivity index (χ1) is 12.7. The Morgan fingerprint density at radius 1 is 0.885 bits per heavy atom. The second-order valence-corrected chi connectivity index (χ2v) is 5.98. The van der Waals surface area contributed by atoms with Gasteiger partial charge in [0.15, 0.2) is 18.1 Å². The van der Waals surface area contributed by atoms with Crippen molar-refractivity contribution in [1.82, 2.24) is 5.32 Å². The summed E-state index contributed by atoms with van der Waals surface area (Å²) in [7, 11) is 0. The SMILES string of the molecule is O=C(COc1ccccc1O)NC(Cc1ccccc1)c1ccccc1. The van der Waals surface area contributed by atoms with Gasteiger partial charge in [-0.25, -0.2) is 0 Å². The second-order valence-electron chi connectivity index (χ2n) is 5.98. The number of hydrogen-bond donors (Lipinski definition) is 2. The molecule has 0 aliphatic carbocycles. The lowest BCUT2D eigenvalue weighted by Gasteiger charge is -2.20. The molecule has 0 heterocycles. The quantitative estimate of drug-likeness (QED) is 0.682. The maximum atomic E-state index is 12.4. The zero-order valence-corrected chi connectivity index (χ0v) is 14.3. The van der Waals surface area contributed by atoms with Crippen LogP contribution in [0.2, 0.25) is 0 Å². The molecule has 0 fully saturated rings. The Morgan fingerprint density at radius 2 is 1.50 bits per heavy atom. The van der Waals surface area contributed by atoms with E-state index in [-0.39, 0.29) is 24.3 Å². The summed E-state index contributed by atoms with van der Waals surface area (Å²) in [6, 6.07) is 26.3. The van der Waals surface area contributed by atoms with Crippen LogP contribution in [-0.4, -0.2) is 17.6 Å². The van der Waals surface area contributed by atoms with Crippen LogP contribution >= 0.6 is 0 Å². The average molecular weight is 347 g/mol. The first-order valence-electron chi connectivity index (χ1n) is 8.51. The molecule has 0 aliphatic rings. The third-order valence-electron chi connectivity index (χ3n) is 4.04. The Kier molecular flexibility index (Phi) is 5.88. The van der Waals surface area contributed by atoms with Gasteiger partial charge >= 0.3 is 0 Å². The normalized spacial score (nSPS) is 11.5. The van der Waals surface area contributed by atoms with E-state index in [1.807, 2.05) is 60.7 Å². The van der Waals surface area contributed by atoms with Crippen molar-refractivity contribution in [3.05, 3.63) is 96.1 Å². The molecule has 4 nitrogen and oxygen atoms in total. The first kappa shape index (κ1) is 17.5. The van der Waals surface area contributed by atoms with E-state index >= 15 is 0 Å². The minimum absolute atomic E-state index is 0.0178. The molecule has 0 spiro atoms. The summed E-state index contributed by atoms with van der Waals surface area (Å²) in [5.41, 5.74) is 2.18. The molecule has 0 aromatic heterocycles. The van der Waals surface area contributed by atoms with Crippen LogP contribution in [0.1, 0.15) is 17.2 Å². The Balaban J connectivity index is 1.67. The van der Waals surface area contributed by atoms with Gasteiger partial charge in [0, 0.05) is 0 Å². The number of benzene rings is 3. The molecule has 0 saturated heterocycles. The summed E-state index contributed by atoms with van der Waals surface area (Å²) in [4.78, 5) is 12.4. The Hall–Kier alpha value is -3.27. The summed E-state index contributed by atoms with van der Waals surface area (Å²) >= 11 is 0. The minimum atomic E-state index is -0.238. The highest BCUT2D eigenvalue weighted by Gasteiger charge is 2.16. The summed E-state index contributed by atoms with van der Waals surface area (Å²) in [5.74, 6) is 0.0733. The number of hydrogen-bond acceptors (Lipinski definition) is 3. The van der Waals surface area contributed by atoms with Crippen LogP contribution < -0.4 is 10.1 Å². The van der Waals surface area contributed by atoms with Crippen molar-refractivity contribution in [1.29, 1.82) is 0 Å². The van der Waals surface area contributed by atoms with Crippen molar-refractivity contribution in [3.63, 3.8) is 0 Å². The highest BCUT2D eigenvalue weighted by Crippen LogP contribution is 2.24. The average Bonchev–Trinajstić information content (AvgIpc) is 2.68. The van der Waals surface area contributed by atoms with Gasteiger partial charge in [0.05, 0.1) is 6.04 Å². The molecular formula is C22H21NO3. The van der Waals surface area contributed by atoms with Crippen molar-refractivity contribution >= 4 is 5.91 Å². The summed E-state index contributed by atoms with van der Waals surface area (Å²) in [6.45, 7) is -0.157. The Bertz CT molecular complexity index is 834. The summed E-state index contributed by atoms with van der Waals surface area (Å²) in [5, 5.41) is 12.7. The van der Waals surface area contributed by atoms with Gasteiger partial charge in [0.25, 0.3) is 5.91 Å². The van der Waals surface area contributed by atoms with E-state index in [0.717, 1.165) is 11.1 Å². The zero-order chi connectivity index (χ0) is 18.2. The number of phenolic OH excluding ortho intramolecular Hbond substituents is 1. The lowest BCUT2D eigenvalue weighted by molar-refractivity contribution is -0.123. The van der Waals surface area contributed by atoms with Gasteiger partial charge in [-0.1, -0.05) is 72.8 Å². The molecule has 0 saturated carbocycles. The van der Waals surface area contributed by atoms with E-state index in [4.69, 9.17) is 4.74 Å². The number of carbonyl (C=O) groups is 1. The lowest BCUT2D eigenvalue weighted by Crippen LogP contribution is -2.33. The fourth-order valence-corrected chi connectivity index (χ4v) is 2.75. The van der Waals surface area contributed by atoms with Crippen LogP contribution in [0.3, 0.4) is 0 Å². The van der Waals surface area contributed by atoms with Gasteiger partial charge in [0.2, 0.25) is 0 Å². The third kappa shape index (κ3) is 4.86. The van der Waals surface area contributed by atoms with Gasteiger partial charge in [-0.05, 0) is 29.7 Å². The van der Waals surface area contributed by atoms with E-state index in [1.165, 1.54) is 6.07 Å². The van der Waals surface area contributed by atoms with Gasteiger partial charge < -0.3 is 15.2 Å². The molecule has 26 heavy (non-hydrogen) atoms. The number of para-hydroxylation sites is 2. The number of aromatic hydroxyl groups is 1. The van der Waals surface area contributed by atoms with Gasteiger partial charge in [-0.2, -0.15) is 0 Å². The molecule has 3 aromatic carbocycles. The number of rotatable bonds is 7. The maximum absolute atomic E-state index is 12.4. The molecular weight excluding hydrogens is 326 g/mol. The highest BCUT2D eigenvalue weighted by atomic mass is 16.5. The first-order valence-corrected chi connectivity index (χ1v) is 8.51. The molecule has 4 heteroatoms. The number of ether oxygens (including phenoxy) is 1. The Labute approximate surface area is 153 Å². The molecule has 1 amide bonds. The minimum Gasteiger partial charge on any atom is -0.504 e. The van der Waals surface area contributed by atoms with Crippen molar-refractivity contribution in [2.45, 2.75) is 12.5 Å². The fourth-order valence-electron chi connectivity index (χ4n) is 2.75. The number of carbonyl (C=O) groups excluding carboxylic acids is 1. The monoisotopic (exact) mass is 347 g/mol. The molecule has 0 aliphatic heterocycles. The van der Waals surface area contributed by atoms with Crippen LogP contribution in [0.5, 0.6) is 11.5 Å². The summed E-state index contributed by atoms with van der Waals surface area (Å²) in [6.07, 6.45) is 0.688. The topological polar surface area (TPSA) is 58.6 Å². The van der Waals surface area contributed by atoms with Gasteiger partial charge in [-0.15, -0.1) is 0 Å². The zero-order valence-electron chi connectivity index (χ0n) is 14.3. The lowest BCUT2D eigenvalue weighted by atomic mass is 9.99. The smallest absolute Gasteiger partial charge is 0.258 e. The van der Waals surface area contributed by atoms with Crippen LogP contribution in [0, 0.1) is 0 Å². The van der Waals surface area contributed by atoms with Crippen LogP contribution in [-0.2, 0) is 11.2 Å². The number of nitrogens with one attached hydrogen (secondary N) is 1. The van der Waals surface area contributed by atoms with E-state index in [0.29, 0.717) is 12.2 Å². The maximum Gasteiger partial charge on any atom is 0.258 e. The van der Waals surface area contributed by atoms with E-state index < -0.39 is 0 Å². The van der Waals surface area contributed by atoms with E-state index in [2.05, 4.69) is 5.32 Å². The van der Waals surface area contributed by atoms with Crippen molar-refractivity contribution in [2.24, 2.45) is 0 Å². The van der Waals surface area contributed by atoms with Crippen molar-refractivity contribution in [2.75, 3.05) is 6.61 Å². The predicted molar refractivity (Wildman–Crippen MR) is 101 cm³/mol. The highest BCUT2D eigenvalue weighted by molar-refractivity contribution is 5.78. The van der Waals surface area contributed by atoms with Gasteiger partial charge in [-0.3, -0.25) is 4.79 Å². The van der Waals surface area contributed by atoms with E-state index in [9.17, 15) is 9.90 Å². The number of amides is 1. The largest absolute Gasteiger partial charge is 0.504 e. The fraction of sp³-hybridized carbons (Fsp3) is 0.136. The molecule has 1 unspecified atom stereocenters. The van der Waals surface area contributed by atoms with Crippen molar-refractivity contribution < 1.29 is 14.6 Å². The summed E-state index contributed by atoms with van der Waals surface area (Å²) < 4.78 is 5.42. The molecule has 2 N–H and O–H groups in total. The second kappa shape index (κ2) is 8.72. The Morgan fingerprint density at radius 3 is 2.19 bits per heavy atom. The van der Waals surface area contributed by atoms with Crippen LogP contribution in [0.25, 0.3) is 0 Å². The molecule has 3 rings (SSSR count). The van der Waals surface area contributed by atoms with Crippen molar-refractivity contribution in [3.8, 4) is 11.5 Å². The molecule has 0 radical (unpaired) electrons. The molecule has 3 aromatic rings. The molecule has 1 atom stereocenters. The van der Waals surface area contributed by atoms with Crippen LogP contribution in [0.4, 0.5) is 0 Å². The molecule has 0 bridgehead atoms. The number of phenols is 1. The van der Waals surface area contributed by atoms with Gasteiger partial charge in [0.1, 0.15) is 0 Å². The van der Waals surface area contributed by atoms with Crippen LogP contribution in [0.15, 0.2) is 84.9 Å².